The molecular weight excluding hydrogens is 330 g/mol. The number of pyridine rings is 1. The number of nitrogens with zero attached hydrogens (tertiary/aromatic N) is 2. The molecule has 140 valence electrons. The first-order valence-electron chi connectivity index (χ1n) is 9.79. The molecule has 2 atom stereocenters. The summed E-state index contributed by atoms with van der Waals surface area (Å²) < 4.78 is 0. The highest BCUT2D eigenvalue weighted by Gasteiger charge is 2.55. The summed E-state index contributed by atoms with van der Waals surface area (Å²) in [6.07, 6.45) is 5.90. The SMILES string of the molecule is C[C@@H]1CCCC[C@]12NC(=O)N(C[NH+]1CCN(c3cccc[nH+]3)CC1)C2=O. The van der Waals surface area contributed by atoms with Gasteiger partial charge in [0.05, 0.1) is 6.20 Å². The molecule has 1 spiro atoms. The molecular formula is C19H29N5O2+2. The number of hydrogen-bond acceptors (Lipinski definition) is 3. The number of quaternary nitrogens is 1. The minimum absolute atomic E-state index is 0.000947. The van der Waals surface area contributed by atoms with Gasteiger partial charge < -0.3 is 10.2 Å². The summed E-state index contributed by atoms with van der Waals surface area (Å²) in [5.41, 5.74) is -0.643. The largest absolute Gasteiger partial charge is 0.329 e. The van der Waals surface area contributed by atoms with Gasteiger partial charge in [0.25, 0.3) is 11.7 Å². The number of imide groups is 1. The molecule has 3 amide bonds. The van der Waals surface area contributed by atoms with E-state index in [2.05, 4.69) is 28.2 Å². The Morgan fingerprint density at radius 2 is 2.08 bits per heavy atom. The summed E-state index contributed by atoms with van der Waals surface area (Å²) >= 11 is 0. The number of aromatic nitrogens is 1. The second-order valence-electron chi connectivity index (χ2n) is 7.92. The zero-order valence-electron chi connectivity index (χ0n) is 15.5. The Balaban J connectivity index is 1.38. The van der Waals surface area contributed by atoms with Crippen LogP contribution in [-0.2, 0) is 4.79 Å². The fraction of sp³-hybridized carbons (Fsp3) is 0.632. The summed E-state index contributed by atoms with van der Waals surface area (Å²) in [4.78, 5) is 34.0. The average molecular weight is 359 g/mol. The van der Waals surface area contributed by atoms with Gasteiger partial charge in [-0.05, 0) is 24.8 Å². The Morgan fingerprint density at radius 3 is 2.77 bits per heavy atom. The minimum Gasteiger partial charge on any atom is -0.323 e. The highest BCUT2D eigenvalue weighted by Crippen LogP contribution is 2.37. The van der Waals surface area contributed by atoms with Crippen molar-refractivity contribution in [1.82, 2.24) is 10.2 Å². The van der Waals surface area contributed by atoms with Crippen LogP contribution >= 0.6 is 0 Å². The third-order valence-electron chi connectivity index (χ3n) is 6.39. The fourth-order valence-corrected chi connectivity index (χ4v) is 4.67. The maximum atomic E-state index is 13.1. The fourth-order valence-electron chi connectivity index (χ4n) is 4.67. The van der Waals surface area contributed by atoms with E-state index in [4.69, 9.17) is 0 Å². The molecule has 1 aromatic heterocycles. The van der Waals surface area contributed by atoms with E-state index in [9.17, 15) is 9.59 Å². The molecule has 0 aromatic carbocycles. The van der Waals surface area contributed by atoms with Crippen LogP contribution < -0.4 is 20.1 Å². The molecule has 1 aromatic rings. The van der Waals surface area contributed by atoms with Gasteiger partial charge in [0.2, 0.25) is 0 Å². The lowest BCUT2D eigenvalue weighted by Gasteiger charge is -2.37. The van der Waals surface area contributed by atoms with E-state index in [0.717, 1.165) is 57.7 Å². The second-order valence-corrected chi connectivity index (χ2v) is 7.92. The molecule has 3 fully saturated rings. The molecule has 7 heteroatoms. The molecule has 3 heterocycles. The van der Waals surface area contributed by atoms with Crippen molar-refractivity contribution in [2.75, 3.05) is 37.7 Å². The van der Waals surface area contributed by atoms with Crippen molar-refractivity contribution in [3.8, 4) is 0 Å². The lowest BCUT2D eigenvalue weighted by molar-refractivity contribution is -0.908. The number of nitrogens with one attached hydrogen (secondary N) is 3. The number of carbonyl (C=O) groups excluding carboxylic acids is 2. The third kappa shape index (κ3) is 2.94. The number of aromatic amines is 1. The van der Waals surface area contributed by atoms with Crippen LogP contribution in [0.2, 0.25) is 0 Å². The first kappa shape index (κ1) is 17.3. The van der Waals surface area contributed by atoms with E-state index >= 15 is 0 Å². The zero-order chi connectivity index (χ0) is 18.1. The van der Waals surface area contributed by atoms with Crippen LogP contribution in [0.1, 0.15) is 32.6 Å². The Labute approximate surface area is 154 Å². The van der Waals surface area contributed by atoms with Crippen LogP contribution in [0, 0.1) is 5.92 Å². The normalized spacial score (nSPS) is 30.1. The standard InChI is InChI=1S/C19H27N5O2/c1-15-6-2-4-8-19(15)17(25)24(18(26)21-19)14-22-10-12-23(13-11-22)16-7-3-5-9-20-16/h3,5,7,9,15H,2,4,6,8,10-14H2,1H3,(H,21,26)/p+2/t15-,19+/m1/s1. The number of anilines is 1. The van der Waals surface area contributed by atoms with Gasteiger partial charge in [-0.15, -0.1) is 0 Å². The number of hydrogen-bond donors (Lipinski definition) is 2. The summed E-state index contributed by atoms with van der Waals surface area (Å²) in [6.45, 7) is 6.25. The van der Waals surface area contributed by atoms with Crippen LogP contribution in [0.25, 0.3) is 0 Å². The van der Waals surface area contributed by atoms with Crippen molar-refractivity contribution in [3.05, 3.63) is 24.4 Å². The van der Waals surface area contributed by atoms with Crippen molar-refractivity contribution < 1.29 is 19.5 Å². The zero-order valence-corrected chi connectivity index (χ0v) is 15.5. The Bertz CT molecular complexity index is 674. The minimum atomic E-state index is -0.643. The van der Waals surface area contributed by atoms with E-state index in [1.165, 1.54) is 9.80 Å². The summed E-state index contributed by atoms with van der Waals surface area (Å²) in [5, 5.41) is 3.05. The molecule has 0 unspecified atom stereocenters. The molecule has 4 rings (SSSR count). The lowest BCUT2D eigenvalue weighted by Crippen LogP contribution is -3.16. The predicted molar refractivity (Wildman–Crippen MR) is 96.5 cm³/mol. The Kier molecular flexibility index (Phi) is 4.56. The van der Waals surface area contributed by atoms with E-state index < -0.39 is 5.54 Å². The van der Waals surface area contributed by atoms with E-state index in [0.29, 0.717) is 6.67 Å². The van der Waals surface area contributed by atoms with Crippen LogP contribution in [0.3, 0.4) is 0 Å². The molecule has 7 nitrogen and oxygen atoms in total. The molecule has 2 saturated heterocycles. The van der Waals surface area contributed by atoms with Gasteiger partial charge >= 0.3 is 6.03 Å². The van der Waals surface area contributed by atoms with E-state index in [-0.39, 0.29) is 17.9 Å². The summed E-state index contributed by atoms with van der Waals surface area (Å²) in [7, 11) is 0. The third-order valence-corrected chi connectivity index (χ3v) is 6.39. The highest BCUT2D eigenvalue weighted by atomic mass is 16.2. The van der Waals surface area contributed by atoms with E-state index in [1.807, 2.05) is 18.3 Å². The molecule has 1 aliphatic carbocycles. The van der Waals surface area contributed by atoms with Crippen LogP contribution in [0.5, 0.6) is 0 Å². The number of carbonyl (C=O) groups is 2. The predicted octanol–water partition coefficient (Wildman–Crippen LogP) is -0.336. The number of amides is 3. The number of piperazine rings is 1. The van der Waals surface area contributed by atoms with Crippen molar-refractivity contribution >= 4 is 17.8 Å². The van der Waals surface area contributed by atoms with Crippen molar-refractivity contribution in [3.63, 3.8) is 0 Å². The first-order chi connectivity index (χ1) is 12.6. The van der Waals surface area contributed by atoms with Gasteiger partial charge in [-0.25, -0.2) is 14.7 Å². The van der Waals surface area contributed by atoms with Crippen LogP contribution in [0.4, 0.5) is 10.6 Å². The van der Waals surface area contributed by atoms with Crippen molar-refractivity contribution in [2.45, 2.75) is 38.1 Å². The molecule has 0 radical (unpaired) electrons. The smallest absolute Gasteiger partial charge is 0.323 e. The molecule has 26 heavy (non-hydrogen) atoms. The maximum absolute atomic E-state index is 13.1. The van der Waals surface area contributed by atoms with Gasteiger partial charge in [0.1, 0.15) is 31.7 Å². The molecule has 3 N–H and O–H groups in total. The first-order valence-corrected chi connectivity index (χ1v) is 9.79. The Hall–Kier alpha value is -2.15. The van der Waals surface area contributed by atoms with Crippen molar-refractivity contribution in [2.24, 2.45) is 5.92 Å². The maximum Gasteiger partial charge on any atom is 0.329 e. The number of urea groups is 1. The van der Waals surface area contributed by atoms with Gasteiger partial charge in [-0.1, -0.05) is 25.8 Å². The topological polar surface area (TPSA) is 71.2 Å². The number of H-pyrrole nitrogens is 1. The van der Waals surface area contributed by atoms with Gasteiger partial charge in [0, 0.05) is 6.07 Å². The Morgan fingerprint density at radius 1 is 1.27 bits per heavy atom. The van der Waals surface area contributed by atoms with E-state index in [1.54, 1.807) is 0 Å². The van der Waals surface area contributed by atoms with Crippen molar-refractivity contribution in [1.29, 1.82) is 0 Å². The number of rotatable bonds is 3. The molecule has 0 bridgehead atoms. The second kappa shape index (κ2) is 6.87. The molecule has 2 aliphatic heterocycles. The van der Waals surface area contributed by atoms with Gasteiger partial charge in [-0.3, -0.25) is 9.69 Å². The highest BCUT2D eigenvalue weighted by molar-refractivity contribution is 6.07. The summed E-state index contributed by atoms with van der Waals surface area (Å²) in [6, 6.07) is 5.89. The molecule has 1 saturated carbocycles. The monoisotopic (exact) mass is 359 g/mol. The van der Waals surface area contributed by atoms with Crippen LogP contribution in [-0.4, -0.2) is 55.2 Å². The quantitative estimate of drug-likeness (QED) is 0.726. The summed E-state index contributed by atoms with van der Waals surface area (Å²) in [5.74, 6) is 1.34. The van der Waals surface area contributed by atoms with Gasteiger partial charge in [0.15, 0.2) is 6.67 Å². The lowest BCUT2D eigenvalue weighted by atomic mass is 9.73. The molecule has 3 aliphatic rings. The van der Waals surface area contributed by atoms with Gasteiger partial charge in [-0.2, -0.15) is 0 Å². The van der Waals surface area contributed by atoms with Crippen LogP contribution in [0.15, 0.2) is 24.4 Å². The average Bonchev–Trinajstić information content (AvgIpc) is 2.90.